The van der Waals surface area contributed by atoms with Crippen molar-refractivity contribution in [3.05, 3.63) is 28.6 Å². The number of ether oxygens (including phenoxy) is 1. The van der Waals surface area contributed by atoms with Crippen molar-refractivity contribution >= 4 is 5.65 Å². The van der Waals surface area contributed by atoms with Crippen LogP contribution in [0, 0.1) is 36.5 Å². The summed E-state index contributed by atoms with van der Waals surface area (Å²) in [5.41, 5.74) is 2.73. The number of nitriles is 2. The summed E-state index contributed by atoms with van der Waals surface area (Å²) in [7, 11) is 0. The first kappa shape index (κ1) is 12.9. The van der Waals surface area contributed by atoms with Gasteiger partial charge in [0.2, 0.25) is 5.88 Å². The van der Waals surface area contributed by atoms with Crippen LogP contribution in [-0.4, -0.2) is 16.0 Å². The molecule has 0 atom stereocenters. The molecule has 0 N–H and O–H groups in total. The molecule has 0 amide bonds. The SMILES string of the molecule is CCCOc1c(C#N)c(C#N)c2nc(C)cc(C)n12. The van der Waals surface area contributed by atoms with Gasteiger partial charge in [0.1, 0.15) is 23.3 Å². The molecule has 0 radical (unpaired) electrons. The van der Waals surface area contributed by atoms with Gasteiger partial charge in [-0.25, -0.2) is 4.98 Å². The standard InChI is InChI=1S/C14H14N4O/c1-4-5-19-14-12(8-16)11(7-15)13-17-9(2)6-10(3)18(13)14/h6H,4-5H2,1-3H3. The number of rotatable bonds is 3. The minimum absolute atomic E-state index is 0.261. The van der Waals surface area contributed by atoms with Crippen molar-refractivity contribution in [2.24, 2.45) is 0 Å². The Hall–Kier alpha value is -2.53. The second-order valence-electron chi connectivity index (χ2n) is 4.33. The van der Waals surface area contributed by atoms with E-state index >= 15 is 0 Å². The van der Waals surface area contributed by atoms with Crippen LogP contribution in [-0.2, 0) is 0 Å². The van der Waals surface area contributed by atoms with Crippen LogP contribution >= 0.6 is 0 Å². The monoisotopic (exact) mass is 254 g/mol. The van der Waals surface area contributed by atoms with Gasteiger partial charge in [-0.1, -0.05) is 6.92 Å². The summed E-state index contributed by atoms with van der Waals surface area (Å²) in [6.07, 6.45) is 0.832. The molecule has 0 aromatic carbocycles. The number of fused-ring (bicyclic) bond motifs is 1. The average Bonchev–Trinajstić information content (AvgIpc) is 2.68. The van der Waals surface area contributed by atoms with Gasteiger partial charge in [0.05, 0.1) is 6.61 Å². The van der Waals surface area contributed by atoms with Gasteiger partial charge in [0.15, 0.2) is 5.65 Å². The lowest BCUT2D eigenvalue weighted by atomic mass is 10.2. The van der Waals surface area contributed by atoms with E-state index in [1.54, 1.807) is 4.40 Å². The molecule has 0 bridgehead atoms. The van der Waals surface area contributed by atoms with Gasteiger partial charge in [-0.2, -0.15) is 10.5 Å². The molecular formula is C14H14N4O. The van der Waals surface area contributed by atoms with Crippen LogP contribution in [0.25, 0.3) is 5.65 Å². The largest absolute Gasteiger partial charge is 0.478 e. The molecule has 2 rings (SSSR count). The third kappa shape index (κ3) is 2.00. The van der Waals surface area contributed by atoms with E-state index in [-0.39, 0.29) is 11.1 Å². The fourth-order valence-corrected chi connectivity index (χ4v) is 2.08. The molecule has 0 saturated heterocycles. The first-order chi connectivity index (χ1) is 9.13. The zero-order valence-corrected chi connectivity index (χ0v) is 11.2. The van der Waals surface area contributed by atoms with Gasteiger partial charge >= 0.3 is 0 Å². The lowest BCUT2D eigenvalue weighted by Gasteiger charge is -2.08. The number of hydrogen-bond acceptors (Lipinski definition) is 4. The van der Waals surface area contributed by atoms with E-state index < -0.39 is 0 Å². The number of hydrogen-bond donors (Lipinski definition) is 0. The summed E-state index contributed by atoms with van der Waals surface area (Å²) in [4.78, 5) is 4.35. The smallest absolute Gasteiger partial charge is 0.219 e. The number of aromatic nitrogens is 2. The third-order valence-corrected chi connectivity index (χ3v) is 2.82. The second kappa shape index (κ2) is 4.99. The van der Waals surface area contributed by atoms with Gasteiger partial charge in [-0.15, -0.1) is 0 Å². The Morgan fingerprint density at radius 3 is 2.53 bits per heavy atom. The van der Waals surface area contributed by atoms with E-state index in [0.717, 1.165) is 17.8 Å². The molecule has 0 aliphatic carbocycles. The predicted octanol–water partition coefficient (Wildman–Crippen LogP) is 2.48. The lowest BCUT2D eigenvalue weighted by molar-refractivity contribution is 0.301. The van der Waals surface area contributed by atoms with Gasteiger partial charge in [-0.3, -0.25) is 4.40 Å². The van der Waals surface area contributed by atoms with Crippen LogP contribution in [0.4, 0.5) is 0 Å². The van der Waals surface area contributed by atoms with Crippen molar-refractivity contribution in [1.82, 2.24) is 9.38 Å². The highest BCUT2D eigenvalue weighted by Gasteiger charge is 2.22. The summed E-state index contributed by atoms with van der Waals surface area (Å²) < 4.78 is 7.38. The Morgan fingerprint density at radius 1 is 1.26 bits per heavy atom. The number of nitrogens with zero attached hydrogens (tertiary/aromatic N) is 4. The van der Waals surface area contributed by atoms with E-state index in [4.69, 9.17) is 4.74 Å². The molecule has 0 spiro atoms. The van der Waals surface area contributed by atoms with E-state index in [1.165, 1.54) is 0 Å². The van der Waals surface area contributed by atoms with E-state index in [0.29, 0.717) is 18.1 Å². The molecule has 2 aromatic heterocycles. The summed E-state index contributed by atoms with van der Waals surface area (Å²) in [6, 6.07) is 6.00. The maximum absolute atomic E-state index is 9.27. The molecule has 0 saturated carbocycles. The summed E-state index contributed by atoms with van der Waals surface area (Å²) in [5.74, 6) is 0.418. The zero-order chi connectivity index (χ0) is 14.0. The van der Waals surface area contributed by atoms with Crippen molar-refractivity contribution in [2.75, 3.05) is 6.61 Å². The van der Waals surface area contributed by atoms with E-state index in [1.807, 2.05) is 26.8 Å². The highest BCUT2D eigenvalue weighted by molar-refractivity contribution is 5.69. The van der Waals surface area contributed by atoms with Crippen LogP contribution < -0.4 is 4.74 Å². The summed E-state index contributed by atoms with van der Waals surface area (Å²) in [6.45, 7) is 6.25. The average molecular weight is 254 g/mol. The van der Waals surface area contributed by atoms with Crippen LogP contribution in [0.2, 0.25) is 0 Å². The van der Waals surface area contributed by atoms with Gasteiger partial charge in [0.25, 0.3) is 0 Å². The molecule has 0 aliphatic rings. The zero-order valence-electron chi connectivity index (χ0n) is 11.2. The molecule has 0 unspecified atom stereocenters. The van der Waals surface area contributed by atoms with Gasteiger partial charge in [-0.05, 0) is 26.3 Å². The topological polar surface area (TPSA) is 74.1 Å². The van der Waals surface area contributed by atoms with Crippen molar-refractivity contribution in [2.45, 2.75) is 27.2 Å². The fourth-order valence-electron chi connectivity index (χ4n) is 2.08. The minimum Gasteiger partial charge on any atom is -0.478 e. The molecule has 0 aliphatic heterocycles. The van der Waals surface area contributed by atoms with Crippen molar-refractivity contribution in [3.63, 3.8) is 0 Å². The van der Waals surface area contributed by atoms with E-state index in [9.17, 15) is 10.5 Å². The van der Waals surface area contributed by atoms with Crippen LogP contribution in [0.15, 0.2) is 6.07 Å². The van der Waals surface area contributed by atoms with Crippen LogP contribution in [0.5, 0.6) is 5.88 Å². The lowest BCUT2D eigenvalue weighted by Crippen LogP contribution is -2.03. The Labute approximate surface area is 111 Å². The van der Waals surface area contributed by atoms with Crippen molar-refractivity contribution in [3.8, 4) is 18.0 Å². The molecule has 5 heteroatoms. The molecule has 2 aromatic rings. The molecular weight excluding hydrogens is 240 g/mol. The van der Waals surface area contributed by atoms with Gasteiger partial charge in [0, 0.05) is 11.4 Å². The highest BCUT2D eigenvalue weighted by atomic mass is 16.5. The quantitative estimate of drug-likeness (QED) is 0.843. The molecule has 2 heterocycles. The Kier molecular flexibility index (Phi) is 3.39. The molecule has 96 valence electrons. The Morgan fingerprint density at radius 2 is 1.95 bits per heavy atom. The summed E-state index contributed by atoms with van der Waals surface area (Å²) in [5, 5.41) is 18.5. The maximum Gasteiger partial charge on any atom is 0.219 e. The highest BCUT2D eigenvalue weighted by Crippen LogP contribution is 2.29. The summed E-state index contributed by atoms with van der Waals surface area (Å²) >= 11 is 0. The van der Waals surface area contributed by atoms with Crippen LogP contribution in [0.3, 0.4) is 0 Å². The normalized spacial score (nSPS) is 10.2. The molecule has 19 heavy (non-hydrogen) atoms. The number of aryl methyl sites for hydroxylation is 2. The van der Waals surface area contributed by atoms with Crippen LogP contribution in [0.1, 0.15) is 35.9 Å². The second-order valence-corrected chi connectivity index (χ2v) is 4.33. The van der Waals surface area contributed by atoms with E-state index in [2.05, 4.69) is 17.1 Å². The van der Waals surface area contributed by atoms with Crippen molar-refractivity contribution in [1.29, 1.82) is 10.5 Å². The maximum atomic E-state index is 9.27. The minimum atomic E-state index is 0.261. The van der Waals surface area contributed by atoms with Gasteiger partial charge < -0.3 is 4.74 Å². The Bertz CT molecular complexity index is 716. The third-order valence-electron chi connectivity index (χ3n) is 2.82. The van der Waals surface area contributed by atoms with Crippen molar-refractivity contribution < 1.29 is 4.74 Å². The first-order valence-corrected chi connectivity index (χ1v) is 6.09. The first-order valence-electron chi connectivity index (χ1n) is 6.09. The molecule has 5 nitrogen and oxygen atoms in total. The predicted molar refractivity (Wildman–Crippen MR) is 69.9 cm³/mol. The molecule has 0 fully saturated rings. The Balaban J connectivity index is 2.86. The fraction of sp³-hybridized carbons (Fsp3) is 0.357.